The van der Waals surface area contributed by atoms with E-state index in [0.29, 0.717) is 15.6 Å². The standard InChI is InChI=1S/C17H13Cl2NO2S2/c18-13-6-11(7-14(19)8-13)16(21)20-10-17(22,12-3-5-23-9-12)15-2-1-4-24-15/h1-9,22H,10H2,(H,20,21). The topological polar surface area (TPSA) is 49.3 Å². The van der Waals surface area contributed by atoms with Crippen LogP contribution in [0.25, 0.3) is 0 Å². The minimum absolute atomic E-state index is 0.0488. The van der Waals surface area contributed by atoms with Crippen LogP contribution in [0.3, 0.4) is 0 Å². The molecular formula is C17H13Cl2NO2S2. The van der Waals surface area contributed by atoms with E-state index in [1.165, 1.54) is 34.8 Å². The molecule has 0 bridgehead atoms. The molecule has 1 amide bonds. The molecule has 2 N–H and O–H groups in total. The van der Waals surface area contributed by atoms with Crippen molar-refractivity contribution in [2.75, 3.05) is 6.54 Å². The molecule has 3 rings (SSSR count). The van der Waals surface area contributed by atoms with Gasteiger partial charge < -0.3 is 10.4 Å². The van der Waals surface area contributed by atoms with Crippen LogP contribution in [0.5, 0.6) is 0 Å². The Morgan fingerprint density at radius 1 is 1.17 bits per heavy atom. The number of thiophene rings is 2. The molecule has 124 valence electrons. The molecule has 0 radical (unpaired) electrons. The van der Waals surface area contributed by atoms with Gasteiger partial charge in [0.1, 0.15) is 5.60 Å². The zero-order valence-electron chi connectivity index (χ0n) is 12.3. The Kier molecular flexibility index (Phi) is 5.27. The lowest BCUT2D eigenvalue weighted by molar-refractivity contribution is 0.0721. The molecular weight excluding hydrogens is 385 g/mol. The molecule has 7 heteroatoms. The first kappa shape index (κ1) is 17.5. The van der Waals surface area contributed by atoms with Crippen LogP contribution in [0.2, 0.25) is 10.0 Å². The second-order valence-electron chi connectivity index (χ2n) is 5.19. The summed E-state index contributed by atoms with van der Waals surface area (Å²) in [6.45, 7) is 0.0488. The van der Waals surface area contributed by atoms with Crippen molar-refractivity contribution in [3.63, 3.8) is 0 Å². The fourth-order valence-electron chi connectivity index (χ4n) is 2.34. The van der Waals surface area contributed by atoms with Crippen LogP contribution in [0.15, 0.2) is 52.5 Å². The second-order valence-corrected chi connectivity index (χ2v) is 7.79. The lowest BCUT2D eigenvalue weighted by Gasteiger charge is -2.27. The van der Waals surface area contributed by atoms with Crippen molar-refractivity contribution in [3.05, 3.63) is 78.6 Å². The molecule has 0 spiro atoms. The van der Waals surface area contributed by atoms with Crippen LogP contribution in [0.4, 0.5) is 0 Å². The molecule has 0 aliphatic carbocycles. The zero-order valence-corrected chi connectivity index (χ0v) is 15.5. The number of benzene rings is 1. The highest BCUT2D eigenvalue weighted by Crippen LogP contribution is 2.33. The number of hydrogen-bond acceptors (Lipinski definition) is 4. The number of rotatable bonds is 5. The van der Waals surface area contributed by atoms with E-state index in [0.717, 1.165) is 10.4 Å². The maximum Gasteiger partial charge on any atom is 0.251 e. The molecule has 0 saturated carbocycles. The fourth-order valence-corrected chi connectivity index (χ4v) is 4.44. The number of carbonyl (C=O) groups excluding carboxylic acids is 1. The van der Waals surface area contributed by atoms with Gasteiger partial charge in [0.2, 0.25) is 0 Å². The van der Waals surface area contributed by atoms with E-state index in [4.69, 9.17) is 23.2 Å². The first-order valence-corrected chi connectivity index (χ1v) is 9.60. The predicted octanol–water partition coefficient (Wildman–Crippen LogP) is 4.78. The first-order valence-electron chi connectivity index (χ1n) is 7.02. The fraction of sp³-hybridized carbons (Fsp3) is 0.118. The molecule has 3 nitrogen and oxygen atoms in total. The molecule has 0 saturated heterocycles. The van der Waals surface area contributed by atoms with Gasteiger partial charge in [-0.2, -0.15) is 11.3 Å². The largest absolute Gasteiger partial charge is 0.378 e. The number of aliphatic hydroxyl groups is 1. The van der Waals surface area contributed by atoms with Gasteiger partial charge in [-0.05, 0) is 46.5 Å². The lowest BCUT2D eigenvalue weighted by Crippen LogP contribution is -2.41. The van der Waals surface area contributed by atoms with Gasteiger partial charge in [-0.3, -0.25) is 4.79 Å². The molecule has 1 aromatic carbocycles. The third-order valence-electron chi connectivity index (χ3n) is 3.56. The molecule has 3 aromatic rings. The Morgan fingerprint density at radius 3 is 2.50 bits per heavy atom. The summed E-state index contributed by atoms with van der Waals surface area (Å²) in [5.41, 5.74) is -0.169. The monoisotopic (exact) mass is 397 g/mol. The SMILES string of the molecule is O=C(NCC(O)(c1ccsc1)c1cccs1)c1cc(Cl)cc(Cl)c1. The Morgan fingerprint density at radius 2 is 1.92 bits per heavy atom. The predicted molar refractivity (Wildman–Crippen MR) is 100 cm³/mol. The quantitative estimate of drug-likeness (QED) is 0.650. The van der Waals surface area contributed by atoms with Crippen LogP contribution in [-0.4, -0.2) is 17.6 Å². The molecule has 24 heavy (non-hydrogen) atoms. The third kappa shape index (κ3) is 3.66. The van der Waals surface area contributed by atoms with E-state index in [1.807, 2.05) is 34.3 Å². The van der Waals surface area contributed by atoms with Crippen molar-refractivity contribution >= 4 is 51.8 Å². The minimum atomic E-state index is -1.27. The van der Waals surface area contributed by atoms with Gasteiger partial charge in [0.15, 0.2) is 0 Å². The van der Waals surface area contributed by atoms with Crippen LogP contribution < -0.4 is 5.32 Å². The van der Waals surface area contributed by atoms with Crippen molar-refractivity contribution < 1.29 is 9.90 Å². The van der Waals surface area contributed by atoms with Gasteiger partial charge in [-0.25, -0.2) is 0 Å². The number of nitrogens with one attached hydrogen (secondary N) is 1. The smallest absolute Gasteiger partial charge is 0.251 e. The first-order chi connectivity index (χ1) is 11.5. The van der Waals surface area contributed by atoms with Gasteiger partial charge in [0.05, 0.1) is 6.54 Å². The van der Waals surface area contributed by atoms with Crippen LogP contribution in [0, 0.1) is 0 Å². The average molecular weight is 398 g/mol. The summed E-state index contributed by atoms with van der Waals surface area (Å²) < 4.78 is 0. The molecule has 1 atom stereocenters. The van der Waals surface area contributed by atoms with Gasteiger partial charge in [-0.1, -0.05) is 29.3 Å². The van der Waals surface area contributed by atoms with E-state index in [1.54, 1.807) is 6.07 Å². The molecule has 0 fully saturated rings. The Bertz CT molecular complexity index is 778. The summed E-state index contributed by atoms with van der Waals surface area (Å²) in [6.07, 6.45) is 0. The van der Waals surface area contributed by atoms with Crippen LogP contribution >= 0.6 is 45.9 Å². The molecule has 0 aliphatic rings. The summed E-state index contributed by atoms with van der Waals surface area (Å²) in [6, 6.07) is 10.2. The van der Waals surface area contributed by atoms with Crippen molar-refractivity contribution in [1.82, 2.24) is 5.32 Å². The summed E-state index contributed by atoms with van der Waals surface area (Å²) in [7, 11) is 0. The Hall–Kier alpha value is -1.37. The minimum Gasteiger partial charge on any atom is -0.378 e. The highest BCUT2D eigenvalue weighted by Gasteiger charge is 2.33. The average Bonchev–Trinajstić information content (AvgIpc) is 3.24. The summed E-state index contributed by atoms with van der Waals surface area (Å²) in [5, 5.41) is 20.4. The zero-order chi connectivity index (χ0) is 17.2. The van der Waals surface area contributed by atoms with Crippen molar-refractivity contribution in [3.8, 4) is 0 Å². The van der Waals surface area contributed by atoms with Crippen LogP contribution in [0.1, 0.15) is 20.8 Å². The highest BCUT2D eigenvalue weighted by atomic mass is 35.5. The molecule has 2 aromatic heterocycles. The molecule has 0 aliphatic heterocycles. The highest BCUT2D eigenvalue weighted by molar-refractivity contribution is 7.10. The third-order valence-corrected chi connectivity index (χ3v) is 5.70. The Labute approximate surface area is 157 Å². The normalized spacial score (nSPS) is 13.5. The maximum absolute atomic E-state index is 12.4. The van der Waals surface area contributed by atoms with Crippen LogP contribution in [-0.2, 0) is 5.60 Å². The van der Waals surface area contributed by atoms with E-state index >= 15 is 0 Å². The number of hydrogen-bond donors (Lipinski definition) is 2. The number of amides is 1. The van der Waals surface area contributed by atoms with E-state index < -0.39 is 5.60 Å². The van der Waals surface area contributed by atoms with E-state index in [2.05, 4.69) is 5.32 Å². The van der Waals surface area contributed by atoms with Crippen molar-refractivity contribution in [2.45, 2.75) is 5.60 Å². The summed E-state index contributed by atoms with van der Waals surface area (Å²) in [5.74, 6) is -0.343. The summed E-state index contributed by atoms with van der Waals surface area (Å²) in [4.78, 5) is 13.2. The van der Waals surface area contributed by atoms with Gasteiger partial charge in [0.25, 0.3) is 5.91 Å². The van der Waals surface area contributed by atoms with Gasteiger partial charge >= 0.3 is 0 Å². The molecule has 1 unspecified atom stereocenters. The van der Waals surface area contributed by atoms with Gasteiger partial charge in [0, 0.05) is 26.0 Å². The lowest BCUT2D eigenvalue weighted by atomic mass is 9.94. The maximum atomic E-state index is 12.4. The van der Waals surface area contributed by atoms with Crippen molar-refractivity contribution in [2.24, 2.45) is 0 Å². The Balaban J connectivity index is 1.83. The van der Waals surface area contributed by atoms with Crippen molar-refractivity contribution in [1.29, 1.82) is 0 Å². The second kappa shape index (κ2) is 7.25. The van der Waals surface area contributed by atoms with E-state index in [9.17, 15) is 9.90 Å². The summed E-state index contributed by atoms with van der Waals surface area (Å²) >= 11 is 14.8. The van der Waals surface area contributed by atoms with E-state index in [-0.39, 0.29) is 12.5 Å². The molecule has 2 heterocycles. The number of halogens is 2. The van der Waals surface area contributed by atoms with Gasteiger partial charge in [-0.15, -0.1) is 11.3 Å². The number of carbonyl (C=O) groups is 1.